The van der Waals surface area contributed by atoms with Gasteiger partial charge < -0.3 is 0 Å². The van der Waals surface area contributed by atoms with Gasteiger partial charge in [0.25, 0.3) is 0 Å². The van der Waals surface area contributed by atoms with Crippen LogP contribution < -0.4 is 0 Å². The van der Waals surface area contributed by atoms with Crippen molar-refractivity contribution < 1.29 is 0 Å². The average Bonchev–Trinajstić information content (AvgIpc) is 2.57. The molecule has 1 heterocycles. The summed E-state index contributed by atoms with van der Waals surface area (Å²) in [6.07, 6.45) is 3.74. The summed E-state index contributed by atoms with van der Waals surface area (Å²) in [7, 11) is 0. The van der Waals surface area contributed by atoms with Gasteiger partial charge in [-0.15, -0.1) is 0 Å². The van der Waals surface area contributed by atoms with Gasteiger partial charge in [0.15, 0.2) is 0 Å². The Morgan fingerprint density at radius 3 is 2.75 bits per heavy atom. The van der Waals surface area contributed by atoms with E-state index in [1.54, 1.807) is 0 Å². The van der Waals surface area contributed by atoms with E-state index in [0.717, 1.165) is 5.56 Å². The van der Waals surface area contributed by atoms with Gasteiger partial charge in [-0.3, -0.25) is 5.10 Å². The summed E-state index contributed by atoms with van der Waals surface area (Å²) in [4.78, 5) is 0. The lowest BCUT2D eigenvalue weighted by atomic mass is 10.0. The molecule has 12 heavy (non-hydrogen) atoms. The van der Waals surface area contributed by atoms with E-state index in [1.807, 2.05) is 24.5 Å². The molecular formula is C10H10N2. The number of hydrogen-bond donors (Lipinski definition) is 1. The van der Waals surface area contributed by atoms with E-state index in [4.69, 9.17) is 0 Å². The average molecular weight is 158 g/mol. The van der Waals surface area contributed by atoms with Crippen molar-refractivity contribution in [3.8, 4) is 11.1 Å². The smallest absolute Gasteiger partial charge is 0.0565 e. The fraction of sp³-hybridized carbons (Fsp3) is 0.100. The van der Waals surface area contributed by atoms with Gasteiger partial charge in [0.2, 0.25) is 0 Å². The van der Waals surface area contributed by atoms with Crippen molar-refractivity contribution in [1.29, 1.82) is 0 Å². The number of aromatic nitrogens is 2. The summed E-state index contributed by atoms with van der Waals surface area (Å²) in [6.45, 7) is 2.10. The van der Waals surface area contributed by atoms with Crippen LogP contribution in [0, 0.1) is 6.92 Å². The molecule has 2 aromatic rings. The summed E-state index contributed by atoms with van der Waals surface area (Å²) in [5.74, 6) is 0. The second-order valence-corrected chi connectivity index (χ2v) is 2.80. The van der Waals surface area contributed by atoms with Crippen LogP contribution in [0.1, 0.15) is 5.56 Å². The van der Waals surface area contributed by atoms with Gasteiger partial charge in [0.05, 0.1) is 6.20 Å². The lowest BCUT2D eigenvalue weighted by Crippen LogP contribution is -1.78. The highest BCUT2D eigenvalue weighted by atomic mass is 15.1. The molecule has 0 atom stereocenters. The largest absolute Gasteiger partial charge is 0.285 e. The number of rotatable bonds is 1. The maximum atomic E-state index is 3.91. The molecule has 0 saturated heterocycles. The first-order valence-corrected chi connectivity index (χ1v) is 3.93. The third kappa shape index (κ3) is 1.11. The van der Waals surface area contributed by atoms with Crippen molar-refractivity contribution in [2.24, 2.45) is 0 Å². The van der Waals surface area contributed by atoms with Crippen molar-refractivity contribution >= 4 is 0 Å². The molecule has 2 rings (SSSR count). The van der Waals surface area contributed by atoms with E-state index in [2.05, 4.69) is 29.3 Å². The predicted octanol–water partition coefficient (Wildman–Crippen LogP) is 2.39. The van der Waals surface area contributed by atoms with Gasteiger partial charge in [0, 0.05) is 11.8 Å². The van der Waals surface area contributed by atoms with E-state index in [9.17, 15) is 0 Å². The molecule has 60 valence electrons. The zero-order valence-corrected chi connectivity index (χ0v) is 6.91. The van der Waals surface area contributed by atoms with Gasteiger partial charge in [-0.2, -0.15) is 5.10 Å². The topological polar surface area (TPSA) is 28.7 Å². The Bertz CT molecular complexity index is 363. The number of hydrogen-bond acceptors (Lipinski definition) is 1. The maximum Gasteiger partial charge on any atom is 0.0565 e. The molecular weight excluding hydrogens is 148 g/mol. The summed E-state index contributed by atoms with van der Waals surface area (Å²) < 4.78 is 0. The lowest BCUT2D eigenvalue weighted by Gasteiger charge is -2.00. The molecule has 2 heteroatoms. The van der Waals surface area contributed by atoms with Crippen molar-refractivity contribution in [2.45, 2.75) is 6.92 Å². The standard InChI is InChI=1S/C10H10N2/c1-8-4-2-3-5-10(8)9-6-11-12-7-9/h2-7H,1H3,(H,11,12). The summed E-state index contributed by atoms with van der Waals surface area (Å²) in [5.41, 5.74) is 3.67. The lowest BCUT2D eigenvalue weighted by molar-refractivity contribution is 1.09. The van der Waals surface area contributed by atoms with E-state index in [-0.39, 0.29) is 0 Å². The van der Waals surface area contributed by atoms with E-state index in [0.29, 0.717) is 0 Å². The predicted molar refractivity (Wildman–Crippen MR) is 48.8 cm³/mol. The third-order valence-electron chi connectivity index (χ3n) is 1.95. The molecule has 1 N–H and O–H groups in total. The minimum atomic E-state index is 1.15. The fourth-order valence-electron chi connectivity index (χ4n) is 1.29. The molecule has 1 aromatic carbocycles. The Balaban J connectivity index is 2.55. The van der Waals surface area contributed by atoms with Gasteiger partial charge in [-0.05, 0) is 18.1 Å². The van der Waals surface area contributed by atoms with Crippen LogP contribution in [0.4, 0.5) is 0 Å². The van der Waals surface area contributed by atoms with Gasteiger partial charge in [-0.1, -0.05) is 24.3 Å². The van der Waals surface area contributed by atoms with Crippen LogP contribution in [-0.2, 0) is 0 Å². The van der Waals surface area contributed by atoms with Crippen molar-refractivity contribution in [1.82, 2.24) is 10.2 Å². The van der Waals surface area contributed by atoms with Gasteiger partial charge in [-0.25, -0.2) is 0 Å². The Kier molecular flexibility index (Phi) is 1.67. The highest BCUT2D eigenvalue weighted by Crippen LogP contribution is 2.20. The highest BCUT2D eigenvalue weighted by Gasteiger charge is 1.99. The zero-order chi connectivity index (χ0) is 8.39. The third-order valence-corrected chi connectivity index (χ3v) is 1.95. The molecule has 0 aliphatic carbocycles. The minimum absolute atomic E-state index is 1.15. The molecule has 0 fully saturated rings. The number of aryl methyl sites for hydroxylation is 1. The van der Waals surface area contributed by atoms with Crippen molar-refractivity contribution in [2.75, 3.05) is 0 Å². The molecule has 0 aliphatic heterocycles. The Morgan fingerprint density at radius 1 is 1.25 bits per heavy atom. The number of benzene rings is 1. The SMILES string of the molecule is Cc1ccccc1-c1cn[nH]c1. The quantitative estimate of drug-likeness (QED) is 0.678. The van der Waals surface area contributed by atoms with Crippen molar-refractivity contribution in [3.05, 3.63) is 42.2 Å². The molecule has 0 radical (unpaired) electrons. The zero-order valence-electron chi connectivity index (χ0n) is 6.91. The molecule has 0 amide bonds. The van der Waals surface area contributed by atoms with Crippen LogP contribution in [0.25, 0.3) is 11.1 Å². The Hall–Kier alpha value is -1.57. The molecule has 0 spiro atoms. The van der Waals surface area contributed by atoms with E-state index in [1.165, 1.54) is 11.1 Å². The first-order chi connectivity index (χ1) is 5.88. The van der Waals surface area contributed by atoms with Crippen LogP contribution in [0.15, 0.2) is 36.7 Å². The molecule has 2 nitrogen and oxygen atoms in total. The van der Waals surface area contributed by atoms with Crippen molar-refractivity contribution in [3.63, 3.8) is 0 Å². The summed E-state index contributed by atoms with van der Waals surface area (Å²) >= 11 is 0. The van der Waals surface area contributed by atoms with E-state index >= 15 is 0 Å². The van der Waals surface area contributed by atoms with Crippen LogP contribution >= 0.6 is 0 Å². The minimum Gasteiger partial charge on any atom is -0.285 e. The number of nitrogens with zero attached hydrogens (tertiary/aromatic N) is 1. The number of nitrogens with one attached hydrogen (secondary N) is 1. The first kappa shape index (κ1) is 7.10. The van der Waals surface area contributed by atoms with Crippen LogP contribution in [0.3, 0.4) is 0 Å². The highest BCUT2D eigenvalue weighted by molar-refractivity contribution is 5.65. The van der Waals surface area contributed by atoms with Gasteiger partial charge in [0.1, 0.15) is 0 Å². The molecule has 1 aromatic heterocycles. The summed E-state index contributed by atoms with van der Waals surface area (Å²) in [5, 5.41) is 6.72. The Labute approximate surface area is 71.3 Å². The summed E-state index contributed by atoms with van der Waals surface area (Å²) in [6, 6.07) is 8.27. The second-order valence-electron chi connectivity index (χ2n) is 2.80. The molecule has 0 unspecified atom stereocenters. The molecule has 0 aliphatic rings. The van der Waals surface area contributed by atoms with Crippen LogP contribution in [0.5, 0.6) is 0 Å². The number of H-pyrrole nitrogens is 1. The monoisotopic (exact) mass is 158 g/mol. The van der Waals surface area contributed by atoms with Gasteiger partial charge >= 0.3 is 0 Å². The second kappa shape index (κ2) is 2.81. The van der Waals surface area contributed by atoms with Crippen LogP contribution in [-0.4, -0.2) is 10.2 Å². The van der Waals surface area contributed by atoms with E-state index < -0.39 is 0 Å². The molecule has 0 saturated carbocycles. The fourth-order valence-corrected chi connectivity index (χ4v) is 1.29. The maximum absolute atomic E-state index is 3.91. The molecule has 0 bridgehead atoms. The van der Waals surface area contributed by atoms with Crippen LogP contribution in [0.2, 0.25) is 0 Å². The Morgan fingerprint density at radius 2 is 2.08 bits per heavy atom. The normalized spacial score (nSPS) is 10.1. The first-order valence-electron chi connectivity index (χ1n) is 3.93. The number of aromatic amines is 1.